The predicted molar refractivity (Wildman–Crippen MR) is 40.8 cm³/mol. The number of hydrogen-bond acceptors (Lipinski definition) is 4. The molecule has 0 aromatic rings. The molecule has 5 nitrogen and oxygen atoms in total. The fourth-order valence-corrected chi connectivity index (χ4v) is 1.27. The Morgan fingerprint density at radius 1 is 1.58 bits per heavy atom. The van der Waals surface area contributed by atoms with Crippen LogP contribution in [0.1, 0.15) is 6.42 Å². The van der Waals surface area contributed by atoms with Gasteiger partial charge in [-0.3, -0.25) is 10.1 Å². The van der Waals surface area contributed by atoms with Crippen LogP contribution in [0.15, 0.2) is 0 Å². The minimum atomic E-state index is -0.822. The second-order valence-electron chi connectivity index (χ2n) is 2.74. The Morgan fingerprint density at radius 2 is 2.08 bits per heavy atom. The molecule has 70 valence electrons. The molecule has 1 rings (SSSR count). The lowest BCUT2D eigenvalue weighted by atomic mass is 9.97. The van der Waals surface area contributed by atoms with Gasteiger partial charge in [-0.25, -0.2) is 0 Å². The van der Waals surface area contributed by atoms with Gasteiger partial charge in [-0.1, -0.05) is 0 Å². The fraction of sp³-hybridized carbons (Fsp3) is 0.857. The zero-order valence-corrected chi connectivity index (χ0v) is 7.11. The molecule has 0 amide bonds. The van der Waals surface area contributed by atoms with Crippen LogP contribution in [0.4, 0.5) is 0 Å². The topological polar surface area (TPSA) is 67.8 Å². The zero-order chi connectivity index (χ0) is 9.14. The summed E-state index contributed by atoms with van der Waals surface area (Å²) in [6.45, 7) is 0. The van der Waals surface area contributed by atoms with Crippen molar-refractivity contribution in [3.8, 4) is 0 Å². The standard InChI is InChI=1S/C7H13NO4/c1-11-7(12-2)5-3-4(8-5)6(9)10/h4-5,7-8H,3H2,1-2H3,(H,9,10). The summed E-state index contributed by atoms with van der Waals surface area (Å²) in [7, 11) is 3.06. The fourth-order valence-electron chi connectivity index (χ4n) is 1.27. The maximum absolute atomic E-state index is 10.4. The number of ether oxygens (including phenoxy) is 2. The highest BCUT2D eigenvalue weighted by atomic mass is 16.7. The first-order chi connectivity index (χ1) is 5.69. The average molecular weight is 175 g/mol. The molecule has 0 aliphatic carbocycles. The lowest BCUT2D eigenvalue weighted by Gasteiger charge is -2.37. The molecule has 0 bridgehead atoms. The van der Waals surface area contributed by atoms with E-state index in [4.69, 9.17) is 14.6 Å². The van der Waals surface area contributed by atoms with Crippen molar-refractivity contribution < 1.29 is 19.4 Å². The molecule has 2 unspecified atom stereocenters. The lowest BCUT2D eigenvalue weighted by molar-refractivity contribution is -0.158. The van der Waals surface area contributed by atoms with Crippen molar-refractivity contribution in [1.82, 2.24) is 5.32 Å². The number of carboxylic acid groups (broad SMARTS) is 1. The highest BCUT2D eigenvalue weighted by molar-refractivity contribution is 5.74. The number of carbonyl (C=O) groups is 1. The van der Waals surface area contributed by atoms with Crippen molar-refractivity contribution in [1.29, 1.82) is 0 Å². The summed E-state index contributed by atoms with van der Waals surface area (Å²) in [5.74, 6) is -0.822. The predicted octanol–water partition coefficient (Wildman–Crippen LogP) is -0.580. The van der Waals surface area contributed by atoms with E-state index in [1.807, 2.05) is 0 Å². The third kappa shape index (κ3) is 1.74. The van der Waals surface area contributed by atoms with Crippen molar-refractivity contribution in [2.24, 2.45) is 0 Å². The Bertz CT molecular complexity index is 163. The van der Waals surface area contributed by atoms with Gasteiger partial charge in [0, 0.05) is 14.2 Å². The largest absolute Gasteiger partial charge is 0.480 e. The van der Waals surface area contributed by atoms with E-state index < -0.39 is 12.0 Å². The van der Waals surface area contributed by atoms with Crippen LogP contribution in [0, 0.1) is 0 Å². The van der Waals surface area contributed by atoms with E-state index in [0.29, 0.717) is 6.42 Å². The number of methoxy groups -OCH3 is 2. The second-order valence-corrected chi connectivity index (χ2v) is 2.74. The van der Waals surface area contributed by atoms with Gasteiger partial charge in [-0.05, 0) is 6.42 Å². The Balaban J connectivity index is 2.28. The number of hydrogen-bond donors (Lipinski definition) is 2. The summed E-state index contributed by atoms with van der Waals surface area (Å²) in [5.41, 5.74) is 0. The first-order valence-electron chi connectivity index (χ1n) is 3.73. The summed E-state index contributed by atoms with van der Waals surface area (Å²) in [4.78, 5) is 10.4. The molecule has 0 aromatic carbocycles. The highest BCUT2D eigenvalue weighted by Crippen LogP contribution is 2.17. The normalized spacial score (nSPS) is 28.6. The molecule has 2 atom stereocenters. The summed E-state index contributed by atoms with van der Waals surface area (Å²) < 4.78 is 9.91. The van der Waals surface area contributed by atoms with Gasteiger partial charge in [0.05, 0.1) is 6.04 Å². The van der Waals surface area contributed by atoms with E-state index in [2.05, 4.69) is 5.32 Å². The van der Waals surface area contributed by atoms with Gasteiger partial charge in [0.1, 0.15) is 6.04 Å². The first kappa shape index (κ1) is 9.44. The molecule has 1 aliphatic heterocycles. The molecule has 12 heavy (non-hydrogen) atoms. The highest BCUT2D eigenvalue weighted by Gasteiger charge is 2.38. The van der Waals surface area contributed by atoms with Gasteiger partial charge >= 0.3 is 5.97 Å². The van der Waals surface area contributed by atoms with Crippen molar-refractivity contribution in [2.75, 3.05) is 14.2 Å². The number of rotatable bonds is 4. The van der Waals surface area contributed by atoms with Crippen LogP contribution in [0.5, 0.6) is 0 Å². The molecule has 1 fully saturated rings. The lowest BCUT2D eigenvalue weighted by Crippen LogP contribution is -2.61. The van der Waals surface area contributed by atoms with Gasteiger partial charge in [0.15, 0.2) is 6.29 Å². The summed E-state index contributed by atoms with van der Waals surface area (Å²) in [5, 5.41) is 11.4. The van der Waals surface area contributed by atoms with Crippen molar-refractivity contribution >= 4 is 5.97 Å². The third-order valence-electron chi connectivity index (χ3n) is 2.00. The molecule has 1 aliphatic rings. The van der Waals surface area contributed by atoms with Gasteiger partial charge in [-0.2, -0.15) is 0 Å². The van der Waals surface area contributed by atoms with Gasteiger partial charge in [0.2, 0.25) is 0 Å². The molecular formula is C7H13NO4. The van der Waals surface area contributed by atoms with E-state index in [0.717, 1.165) is 0 Å². The van der Waals surface area contributed by atoms with Gasteiger partial charge < -0.3 is 14.6 Å². The summed E-state index contributed by atoms with van der Waals surface area (Å²) in [6.07, 6.45) is 0.211. The monoisotopic (exact) mass is 175 g/mol. The van der Waals surface area contributed by atoms with E-state index >= 15 is 0 Å². The van der Waals surface area contributed by atoms with Crippen LogP contribution in [0.2, 0.25) is 0 Å². The Labute approximate surface area is 70.7 Å². The van der Waals surface area contributed by atoms with E-state index in [9.17, 15) is 4.79 Å². The molecule has 0 saturated carbocycles. The Hall–Kier alpha value is -0.650. The molecule has 5 heteroatoms. The number of carboxylic acids is 1. The van der Waals surface area contributed by atoms with Crippen molar-refractivity contribution in [3.05, 3.63) is 0 Å². The molecule has 1 saturated heterocycles. The van der Waals surface area contributed by atoms with E-state index in [1.165, 1.54) is 14.2 Å². The number of aliphatic carboxylic acids is 1. The van der Waals surface area contributed by atoms with Crippen molar-refractivity contribution in [2.45, 2.75) is 24.8 Å². The van der Waals surface area contributed by atoms with Crippen LogP contribution < -0.4 is 5.32 Å². The quantitative estimate of drug-likeness (QED) is 0.559. The number of nitrogens with one attached hydrogen (secondary N) is 1. The maximum Gasteiger partial charge on any atom is 0.320 e. The molecule has 2 N–H and O–H groups in total. The molecule has 0 aromatic heterocycles. The van der Waals surface area contributed by atoms with Gasteiger partial charge in [0.25, 0.3) is 0 Å². The summed E-state index contributed by atoms with van der Waals surface area (Å²) >= 11 is 0. The van der Waals surface area contributed by atoms with Crippen LogP contribution in [-0.2, 0) is 14.3 Å². The van der Waals surface area contributed by atoms with E-state index in [-0.39, 0.29) is 12.3 Å². The first-order valence-corrected chi connectivity index (χ1v) is 3.73. The smallest absolute Gasteiger partial charge is 0.320 e. The van der Waals surface area contributed by atoms with E-state index in [1.54, 1.807) is 0 Å². The molecule has 1 heterocycles. The average Bonchev–Trinajstić information content (AvgIpc) is 1.94. The van der Waals surface area contributed by atoms with Gasteiger partial charge in [-0.15, -0.1) is 0 Å². The molecule has 0 radical (unpaired) electrons. The second kappa shape index (κ2) is 3.84. The Kier molecular flexibility index (Phi) is 3.02. The third-order valence-corrected chi connectivity index (χ3v) is 2.00. The zero-order valence-electron chi connectivity index (χ0n) is 7.11. The Morgan fingerprint density at radius 3 is 2.42 bits per heavy atom. The van der Waals surface area contributed by atoms with Crippen LogP contribution in [0.25, 0.3) is 0 Å². The molecular weight excluding hydrogens is 162 g/mol. The van der Waals surface area contributed by atoms with Crippen LogP contribution in [0.3, 0.4) is 0 Å². The SMILES string of the molecule is COC(OC)C1CC(C(=O)O)N1. The molecule has 0 spiro atoms. The van der Waals surface area contributed by atoms with Crippen LogP contribution in [-0.4, -0.2) is 43.7 Å². The minimum absolute atomic E-state index is 0.00102. The summed E-state index contributed by atoms with van der Waals surface area (Å²) in [6, 6.07) is -0.441. The minimum Gasteiger partial charge on any atom is -0.480 e. The van der Waals surface area contributed by atoms with Crippen molar-refractivity contribution in [3.63, 3.8) is 0 Å². The van der Waals surface area contributed by atoms with Crippen LogP contribution >= 0.6 is 0 Å². The maximum atomic E-state index is 10.4.